The van der Waals surface area contributed by atoms with Gasteiger partial charge in [-0.15, -0.1) is 12.6 Å². The summed E-state index contributed by atoms with van der Waals surface area (Å²) in [6, 6.07) is 25.2. The maximum Gasteiger partial charge on any atom is 0.425 e. The molecule has 98 heavy (non-hydrogen) atoms. The number of nitrogens with two attached hydrogens (primary N) is 1. The fourth-order valence-electron chi connectivity index (χ4n) is 11.0. The smallest absolute Gasteiger partial charge is 0.425 e. The number of piperazine rings is 1. The molecule has 0 bridgehead atoms. The van der Waals surface area contributed by atoms with Gasteiger partial charge in [0.2, 0.25) is 32.9 Å². The monoisotopic (exact) mass is 1440 g/mol. The molecule has 0 radical (unpaired) electrons. The van der Waals surface area contributed by atoms with Gasteiger partial charge in [0.1, 0.15) is 21.9 Å². The Morgan fingerprint density at radius 3 is 1.70 bits per heavy atom. The van der Waals surface area contributed by atoms with Gasteiger partial charge in [0, 0.05) is 91.1 Å². The number of imide groups is 1. The van der Waals surface area contributed by atoms with Crippen molar-refractivity contribution in [2.45, 2.75) is 54.2 Å². The summed E-state index contributed by atoms with van der Waals surface area (Å²) in [4.78, 5) is 73.2. The van der Waals surface area contributed by atoms with Gasteiger partial charge in [0.25, 0.3) is 11.8 Å². The van der Waals surface area contributed by atoms with Crippen molar-refractivity contribution in [3.05, 3.63) is 130 Å². The molecule has 0 spiro atoms. The minimum Gasteiger partial charge on any atom is -0.744 e. The molecule has 8 rings (SSSR count). The lowest BCUT2D eigenvalue weighted by molar-refractivity contribution is -0.645. The maximum absolute atomic E-state index is 15.3. The molecule has 2 aliphatic rings. The number of hydrogen-bond acceptors (Lipinski definition) is 24. The first kappa shape index (κ1) is 77.4. The normalized spacial score (nSPS) is 13.9. The van der Waals surface area contributed by atoms with E-state index < -0.39 is 86.5 Å². The number of anilines is 1. The van der Waals surface area contributed by atoms with Gasteiger partial charge in [-0.25, -0.2) is 25.3 Å². The lowest BCUT2D eigenvalue weighted by Crippen LogP contribution is -2.54. The van der Waals surface area contributed by atoms with Gasteiger partial charge in [-0.1, -0.05) is 59.2 Å². The Labute approximate surface area is 567 Å². The van der Waals surface area contributed by atoms with Crippen LogP contribution < -0.4 is 15.6 Å². The molecular formula is C63H77N9O22S4. The third-order valence-electron chi connectivity index (χ3n) is 15.7. The summed E-state index contributed by atoms with van der Waals surface area (Å²) in [7, 11) is -16.5. The molecule has 530 valence electrons. The van der Waals surface area contributed by atoms with E-state index >= 15 is 4.79 Å². The molecular weight excluding hydrogens is 1360 g/mol. The van der Waals surface area contributed by atoms with Crippen molar-refractivity contribution >= 4 is 108 Å². The quantitative estimate of drug-likeness (QED) is 0.00533. The number of sulfonamides is 1. The van der Waals surface area contributed by atoms with Crippen LogP contribution in [0.2, 0.25) is 0 Å². The first-order valence-electron chi connectivity index (χ1n) is 31.2. The van der Waals surface area contributed by atoms with E-state index in [-0.39, 0.29) is 129 Å². The highest BCUT2D eigenvalue weighted by molar-refractivity contribution is 7.93. The van der Waals surface area contributed by atoms with Crippen molar-refractivity contribution < 1.29 is 104 Å². The van der Waals surface area contributed by atoms with Gasteiger partial charge in [-0.05, 0) is 61.7 Å². The van der Waals surface area contributed by atoms with Gasteiger partial charge in [-0.3, -0.25) is 28.9 Å². The van der Waals surface area contributed by atoms with Crippen molar-refractivity contribution in [1.29, 1.82) is 0 Å². The average molecular weight is 1440 g/mol. The number of carbonyl (C=O) groups is 5. The Bertz CT molecular complexity index is 4270. The van der Waals surface area contributed by atoms with Crippen LogP contribution in [0.15, 0.2) is 112 Å². The third kappa shape index (κ3) is 21.5. The van der Waals surface area contributed by atoms with E-state index in [1.165, 1.54) is 39.5 Å². The fraction of sp³-hybridized carbons (Fsp3) is 0.460. The van der Waals surface area contributed by atoms with Crippen molar-refractivity contribution in [2.75, 3.05) is 150 Å². The summed E-state index contributed by atoms with van der Waals surface area (Å²) in [5.74, 6) is -3.84. The molecule has 6 aromatic rings. The minimum absolute atomic E-state index is 0.0180. The van der Waals surface area contributed by atoms with Gasteiger partial charge in [-0.2, -0.15) is 8.87 Å². The summed E-state index contributed by atoms with van der Waals surface area (Å²) < 4.78 is 160. The second-order valence-electron chi connectivity index (χ2n) is 22.1. The molecule has 35 heteroatoms. The van der Waals surface area contributed by atoms with Crippen LogP contribution in [0.3, 0.4) is 0 Å². The molecule has 1 atom stereocenters. The van der Waals surface area contributed by atoms with Crippen LogP contribution in [-0.2, 0) is 89.9 Å². The molecule has 5 aromatic carbocycles. The molecule has 0 saturated carbocycles. The Hall–Kier alpha value is -8.00. The van der Waals surface area contributed by atoms with Gasteiger partial charge >= 0.3 is 10.6 Å². The highest BCUT2D eigenvalue weighted by Crippen LogP contribution is 2.38. The maximum atomic E-state index is 15.3. The lowest BCUT2D eigenvalue weighted by atomic mass is 9.93. The fourth-order valence-corrected chi connectivity index (χ4v) is 14.9. The molecule has 4 amide bonds. The van der Waals surface area contributed by atoms with Gasteiger partial charge in [0.05, 0.1) is 130 Å². The van der Waals surface area contributed by atoms with Crippen LogP contribution in [0.4, 0.5) is 5.69 Å². The van der Waals surface area contributed by atoms with E-state index in [4.69, 9.17) is 57.0 Å². The number of carbonyl (C=O) groups excluding carboxylic acids is 5. The van der Waals surface area contributed by atoms with Crippen LogP contribution in [0.1, 0.15) is 62.3 Å². The molecule has 3 heterocycles. The zero-order chi connectivity index (χ0) is 70.8. The number of ether oxygens (including phenoxy) is 7. The third-order valence-corrected chi connectivity index (χ3v) is 20.7. The number of para-hydroxylation sites is 2. The highest BCUT2D eigenvalue weighted by atomic mass is 32.2. The predicted molar refractivity (Wildman–Crippen MR) is 353 cm³/mol. The number of nitrogen functional groups attached to an aromatic ring is 1. The largest absolute Gasteiger partial charge is 0.744 e. The number of hydrogen-bond donors (Lipinski definition) is 2. The van der Waals surface area contributed by atoms with Crippen LogP contribution in [0.5, 0.6) is 0 Å². The van der Waals surface area contributed by atoms with Gasteiger partial charge < -0.3 is 53.7 Å². The molecule has 2 aliphatic heterocycles. The number of benzene rings is 5. The van der Waals surface area contributed by atoms with Gasteiger partial charge in [0.15, 0.2) is 22.2 Å². The number of aryl methyl sites for hydroxylation is 2. The number of azide groups is 1. The number of pyridine rings is 1. The minimum atomic E-state index is -5.14. The van der Waals surface area contributed by atoms with E-state index in [2.05, 4.69) is 15.3 Å². The number of fused-ring (bicyclic) bond motifs is 2. The van der Waals surface area contributed by atoms with Crippen molar-refractivity contribution in [2.24, 2.45) is 5.11 Å². The number of nitrogens with one attached hydrogen (secondary N) is 1. The average Bonchev–Trinajstić information content (AvgIpc) is 0.739. The first-order chi connectivity index (χ1) is 47.0. The summed E-state index contributed by atoms with van der Waals surface area (Å²) >= 11 is 0. The lowest BCUT2D eigenvalue weighted by Gasteiger charge is -2.35. The summed E-state index contributed by atoms with van der Waals surface area (Å²) in [5.41, 5.74) is 15.6. The van der Waals surface area contributed by atoms with E-state index in [9.17, 15) is 49.0 Å². The number of rotatable bonds is 40. The molecule has 1 unspecified atom stereocenters. The van der Waals surface area contributed by atoms with E-state index in [0.717, 1.165) is 11.6 Å². The zero-order valence-corrected chi connectivity index (χ0v) is 57.0. The predicted octanol–water partition coefficient (Wildman–Crippen LogP) is 3.12. The Kier molecular flexibility index (Phi) is 29.8. The van der Waals surface area contributed by atoms with Crippen LogP contribution in [0.25, 0.3) is 43.0 Å². The molecule has 0 aliphatic carbocycles. The van der Waals surface area contributed by atoms with Crippen molar-refractivity contribution in [1.82, 2.24) is 19.4 Å². The number of ketones is 1. The highest BCUT2D eigenvalue weighted by Gasteiger charge is 2.40. The number of nitrogens with zero attached hydrogens (tertiary/aromatic N) is 7. The second-order valence-corrected chi connectivity index (χ2v) is 28.1. The number of aromatic nitrogens is 1. The standard InChI is InChI=1S/C63H77N9O19S3.O3S/c1-45-17-19-46(20-18-45)93(80,81)54(15-7-16-56(73)66-21-28-85-30-32-87-34-36-89-38-40-91-41-39-90-37-35-88-33-31-86-29-22-67-68-65)61(75)59-47-9-2-4-13-52(47)71(53-14-5-3-10-48(53)59)23-8-42-92(78,79)70-26-24-69(25-27-70)57(74)44-72-62(76)50-12-6-11-49-58(50)51(63(72)77)43-55(60(49)64)94(82,83)84;1-4(2)3/h2-6,9-14,17-20,43,54H,7-8,15-16,21-42,44H2,1H3,(H3-,64,66,73,76,77,82,83,84);. The van der Waals surface area contributed by atoms with Crippen LogP contribution in [-0.4, -0.2) is 235 Å². The van der Waals surface area contributed by atoms with Crippen molar-refractivity contribution in [3.8, 4) is 0 Å². The summed E-state index contributed by atoms with van der Waals surface area (Å²) in [6.45, 7) is 6.45. The Balaban J connectivity index is 0.00000329. The first-order valence-corrected chi connectivity index (χ1v) is 36.7. The Morgan fingerprint density at radius 2 is 1.17 bits per heavy atom. The molecule has 31 nitrogen and oxygen atoms in total. The number of sulfone groups is 1. The Morgan fingerprint density at radius 1 is 0.673 bits per heavy atom. The second kappa shape index (κ2) is 37.8. The van der Waals surface area contributed by atoms with Crippen LogP contribution >= 0.6 is 0 Å². The molecule has 3 N–H and O–H groups in total. The van der Waals surface area contributed by atoms with E-state index in [0.29, 0.717) is 106 Å². The SMILES string of the molecule is Cc1ccc(S(=O)(=O)C(CCCC(=O)NCCOCCOCCOCCOCCOCCOCCOCCN=[N+]=[N-])C(=O)c2c3ccccc3[n+](CCCS(=O)(=O)N3CCN(C(=O)CN4C(=O)c5cccc6c(N)c(S(=O)(=O)[O-])cc(c56)C4=O)CC3)c3ccccc23)cc1.O=S(=O)=O. The summed E-state index contributed by atoms with van der Waals surface area (Å²) in [5, 5.41) is 5.53. The van der Waals surface area contributed by atoms with E-state index in [1.807, 2.05) is 11.5 Å². The number of Topliss-reactive ketones (excluding diaryl/α,β-unsaturated/α-hetero) is 1. The molecule has 1 fully saturated rings. The number of amides is 4. The topological polar surface area (TPSA) is 427 Å². The molecule has 1 saturated heterocycles. The molecule has 1 aromatic heterocycles. The van der Waals surface area contributed by atoms with Crippen LogP contribution in [0, 0.1) is 6.92 Å². The van der Waals surface area contributed by atoms with E-state index in [1.54, 1.807) is 60.7 Å². The van der Waals surface area contributed by atoms with Crippen molar-refractivity contribution in [3.63, 3.8) is 0 Å². The summed E-state index contributed by atoms with van der Waals surface area (Å²) in [6.07, 6.45) is -0.0983. The zero-order valence-electron chi connectivity index (χ0n) is 53.7.